The van der Waals surface area contributed by atoms with Gasteiger partial charge in [-0.05, 0) is 55.9 Å². The van der Waals surface area contributed by atoms with Gasteiger partial charge in [-0.25, -0.2) is 0 Å². The molecule has 2 nitrogen and oxygen atoms in total. The van der Waals surface area contributed by atoms with Crippen LogP contribution >= 0.6 is 27.5 Å². The zero-order valence-corrected chi connectivity index (χ0v) is 13.5. The first-order chi connectivity index (χ1) is 9.11. The van der Waals surface area contributed by atoms with Crippen molar-refractivity contribution in [1.82, 2.24) is 4.90 Å². The lowest BCUT2D eigenvalue weighted by Gasteiger charge is -2.33. The summed E-state index contributed by atoms with van der Waals surface area (Å²) in [6.07, 6.45) is 3.28. The third-order valence-corrected chi connectivity index (χ3v) is 4.45. The smallest absolute Gasteiger partial charge is 0.254 e. The van der Waals surface area contributed by atoms with Crippen molar-refractivity contribution in [3.8, 4) is 0 Å². The standard InChI is InChI=1S/C15H19BrClNO/c1-11-9-13(16)4-5-14(11)15(19)18-8-2-3-12(10-18)6-7-17/h4-5,9,12H,2-3,6-8,10H2,1H3. The van der Waals surface area contributed by atoms with Gasteiger partial charge in [0.15, 0.2) is 0 Å². The van der Waals surface area contributed by atoms with Crippen molar-refractivity contribution in [3.05, 3.63) is 33.8 Å². The van der Waals surface area contributed by atoms with Crippen molar-refractivity contribution in [2.24, 2.45) is 5.92 Å². The highest BCUT2D eigenvalue weighted by atomic mass is 79.9. The monoisotopic (exact) mass is 343 g/mol. The molecule has 1 atom stereocenters. The molecule has 19 heavy (non-hydrogen) atoms. The number of rotatable bonds is 3. The summed E-state index contributed by atoms with van der Waals surface area (Å²) in [4.78, 5) is 14.5. The van der Waals surface area contributed by atoms with Gasteiger partial charge >= 0.3 is 0 Å². The topological polar surface area (TPSA) is 20.3 Å². The van der Waals surface area contributed by atoms with E-state index in [1.54, 1.807) is 0 Å². The van der Waals surface area contributed by atoms with Crippen LogP contribution in [0, 0.1) is 12.8 Å². The molecule has 4 heteroatoms. The second-order valence-corrected chi connectivity index (χ2v) is 6.49. The molecule has 104 valence electrons. The van der Waals surface area contributed by atoms with Crippen molar-refractivity contribution in [3.63, 3.8) is 0 Å². The van der Waals surface area contributed by atoms with Crippen LogP contribution in [0.5, 0.6) is 0 Å². The Labute approximate surface area is 128 Å². The van der Waals surface area contributed by atoms with Crippen LogP contribution < -0.4 is 0 Å². The van der Waals surface area contributed by atoms with Gasteiger partial charge in [0, 0.05) is 29.0 Å². The molecule has 1 heterocycles. The Bertz CT molecular complexity index is 461. The summed E-state index contributed by atoms with van der Waals surface area (Å²) in [7, 11) is 0. The van der Waals surface area contributed by atoms with Gasteiger partial charge in [-0.15, -0.1) is 11.6 Å². The minimum absolute atomic E-state index is 0.157. The predicted octanol–water partition coefficient (Wildman–Crippen LogP) is 4.24. The third kappa shape index (κ3) is 3.73. The molecule has 0 bridgehead atoms. The summed E-state index contributed by atoms with van der Waals surface area (Å²) in [5.74, 6) is 1.40. The summed E-state index contributed by atoms with van der Waals surface area (Å²) < 4.78 is 1.01. The highest BCUT2D eigenvalue weighted by Crippen LogP contribution is 2.23. The molecule has 1 aliphatic rings. The zero-order valence-electron chi connectivity index (χ0n) is 11.2. The SMILES string of the molecule is Cc1cc(Br)ccc1C(=O)N1CCCC(CCCl)C1. The van der Waals surface area contributed by atoms with E-state index in [0.29, 0.717) is 11.8 Å². The van der Waals surface area contributed by atoms with E-state index in [2.05, 4.69) is 15.9 Å². The largest absolute Gasteiger partial charge is 0.338 e. The van der Waals surface area contributed by atoms with Crippen LogP contribution in [0.25, 0.3) is 0 Å². The Morgan fingerprint density at radius 1 is 1.53 bits per heavy atom. The number of hydrogen-bond donors (Lipinski definition) is 0. The highest BCUT2D eigenvalue weighted by molar-refractivity contribution is 9.10. The Morgan fingerprint density at radius 3 is 3.00 bits per heavy atom. The quantitative estimate of drug-likeness (QED) is 0.751. The van der Waals surface area contributed by atoms with E-state index >= 15 is 0 Å². The summed E-state index contributed by atoms with van der Waals surface area (Å²) in [6.45, 7) is 3.70. The molecule has 1 aromatic carbocycles. The predicted molar refractivity (Wildman–Crippen MR) is 82.8 cm³/mol. The van der Waals surface area contributed by atoms with Gasteiger partial charge in [-0.3, -0.25) is 4.79 Å². The van der Waals surface area contributed by atoms with Gasteiger partial charge in [0.05, 0.1) is 0 Å². The molecular weight excluding hydrogens is 326 g/mol. The number of benzene rings is 1. The molecule has 0 N–H and O–H groups in total. The Hall–Kier alpha value is -0.540. The Morgan fingerprint density at radius 2 is 2.32 bits per heavy atom. The molecule has 0 aromatic heterocycles. The Kier molecular flexibility index (Phi) is 5.28. The molecule has 0 aliphatic carbocycles. The minimum atomic E-state index is 0.157. The average molecular weight is 345 g/mol. The lowest BCUT2D eigenvalue weighted by Crippen LogP contribution is -2.40. The van der Waals surface area contributed by atoms with Crippen molar-refractivity contribution in [2.45, 2.75) is 26.2 Å². The Balaban J connectivity index is 2.10. The van der Waals surface area contributed by atoms with Crippen LogP contribution in [0.3, 0.4) is 0 Å². The number of nitrogens with zero attached hydrogens (tertiary/aromatic N) is 1. The van der Waals surface area contributed by atoms with Crippen molar-refractivity contribution in [2.75, 3.05) is 19.0 Å². The van der Waals surface area contributed by atoms with Crippen LogP contribution in [0.4, 0.5) is 0 Å². The van der Waals surface area contributed by atoms with E-state index < -0.39 is 0 Å². The second kappa shape index (κ2) is 6.76. The summed E-state index contributed by atoms with van der Waals surface area (Å²) in [5, 5.41) is 0. The van der Waals surface area contributed by atoms with Gasteiger partial charge in [-0.1, -0.05) is 15.9 Å². The lowest BCUT2D eigenvalue weighted by molar-refractivity contribution is 0.0671. The van der Waals surface area contributed by atoms with Gasteiger partial charge in [0.2, 0.25) is 0 Å². The number of piperidine rings is 1. The second-order valence-electron chi connectivity index (χ2n) is 5.20. The van der Waals surface area contributed by atoms with Crippen molar-refractivity contribution < 1.29 is 4.79 Å². The molecule has 0 saturated carbocycles. The maximum atomic E-state index is 12.6. The molecule has 0 radical (unpaired) electrons. The van der Waals surface area contributed by atoms with E-state index in [4.69, 9.17) is 11.6 Å². The number of carbonyl (C=O) groups is 1. The molecule has 1 aromatic rings. The molecule has 1 aliphatic heterocycles. The average Bonchev–Trinajstić information content (AvgIpc) is 2.39. The van der Waals surface area contributed by atoms with Crippen LogP contribution in [0.2, 0.25) is 0 Å². The van der Waals surface area contributed by atoms with Gasteiger partial charge in [-0.2, -0.15) is 0 Å². The van der Waals surface area contributed by atoms with E-state index in [-0.39, 0.29) is 5.91 Å². The molecule has 0 spiro atoms. The number of carbonyl (C=O) groups excluding carboxylic acids is 1. The van der Waals surface area contributed by atoms with Crippen LogP contribution in [0.15, 0.2) is 22.7 Å². The molecule has 1 fully saturated rings. The highest BCUT2D eigenvalue weighted by Gasteiger charge is 2.24. The fourth-order valence-electron chi connectivity index (χ4n) is 2.68. The van der Waals surface area contributed by atoms with E-state index in [1.807, 2.05) is 30.0 Å². The summed E-state index contributed by atoms with van der Waals surface area (Å²) in [6, 6.07) is 5.83. The maximum Gasteiger partial charge on any atom is 0.254 e. The molecular formula is C15H19BrClNO. The lowest BCUT2D eigenvalue weighted by atomic mass is 9.94. The van der Waals surface area contributed by atoms with Crippen molar-refractivity contribution >= 4 is 33.4 Å². The number of halogens is 2. The fraction of sp³-hybridized carbons (Fsp3) is 0.533. The number of alkyl halides is 1. The summed E-state index contributed by atoms with van der Waals surface area (Å²) >= 11 is 9.25. The fourth-order valence-corrected chi connectivity index (χ4v) is 3.46. The van der Waals surface area contributed by atoms with Crippen LogP contribution in [-0.2, 0) is 0 Å². The number of aryl methyl sites for hydroxylation is 1. The van der Waals surface area contributed by atoms with E-state index in [9.17, 15) is 4.79 Å². The normalized spacial score (nSPS) is 19.5. The van der Waals surface area contributed by atoms with Crippen LogP contribution in [0.1, 0.15) is 35.2 Å². The first-order valence-electron chi connectivity index (χ1n) is 6.73. The first kappa shape index (κ1) is 14.9. The van der Waals surface area contributed by atoms with Crippen molar-refractivity contribution in [1.29, 1.82) is 0 Å². The van der Waals surface area contributed by atoms with Gasteiger partial charge in [0.1, 0.15) is 0 Å². The maximum absolute atomic E-state index is 12.6. The third-order valence-electron chi connectivity index (χ3n) is 3.74. The molecule has 1 unspecified atom stereocenters. The van der Waals surface area contributed by atoms with Gasteiger partial charge < -0.3 is 4.90 Å². The summed E-state index contributed by atoms with van der Waals surface area (Å²) in [5.41, 5.74) is 1.84. The number of hydrogen-bond acceptors (Lipinski definition) is 1. The zero-order chi connectivity index (χ0) is 13.8. The number of likely N-dealkylation sites (tertiary alicyclic amines) is 1. The minimum Gasteiger partial charge on any atom is -0.338 e. The van der Waals surface area contributed by atoms with E-state index in [1.165, 1.54) is 6.42 Å². The van der Waals surface area contributed by atoms with Crippen LogP contribution in [-0.4, -0.2) is 29.8 Å². The first-order valence-corrected chi connectivity index (χ1v) is 8.06. The number of amides is 1. The van der Waals surface area contributed by atoms with Gasteiger partial charge in [0.25, 0.3) is 5.91 Å². The molecule has 1 amide bonds. The molecule has 2 rings (SSSR count). The van der Waals surface area contributed by atoms with E-state index in [0.717, 1.165) is 41.5 Å². The molecule has 1 saturated heterocycles.